The summed E-state index contributed by atoms with van der Waals surface area (Å²) in [7, 11) is 0. The Morgan fingerprint density at radius 1 is 0.0400 bits per heavy atom. The molecule has 0 unspecified atom stereocenters. The Balaban J connectivity index is 0. The van der Waals surface area contributed by atoms with Gasteiger partial charge in [-0.2, -0.15) is 0 Å². The molecule has 0 bridgehead atoms. The van der Waals surface area contributed by atoms with Gasteiger partial charge in [-0.05, 0) is 0 Å². The minimum atomic E-state index is 0. The van der Waals surface area contributed by atoms with Gasteiger partial charge in [-0.15, -0.1) is 0 Å². The van der Waals surface area contributed by atoms with Gasteiger partial charge in [-0.25, -0.2) is 0 Å². The Morgan fingerprint density at radius 3 is 0.0400 bits per heavy atom. The molecule has 0 amide bonds. The second-order valence-electron chi connectivity index (χ2n) is 0. The number of rotatable bonds is 0. The summed E-state index contributed by atoms with van der Waals surface area (Å²) in [4.78, 5) is 0. The van der Waals surface area contributed by atoms with E-state index in [-0.39, 0.29) is 1150 Å². The average Bonchev–Trinajstić information content (AvgIpc) is 0. The van der Waals surface area contributed by atoms with Gasteiger partial charge in [0.2, 0.25) is 0 Å². The van der Waals surface area contributed by atoms with Gasteiger partial charge in [0, 0.05) is 818 Å². The van der Waals surface area contributed by atoms with Crippen molar-refractivity contribution < 1.29 is 818 Å². The second kappa shape index (κ2) is 1420. The third-order valence-corrected chi connectivity index (χ3v) is 0. The maximum atomic E-state index is 0. The van der Waals surface area contributed by atoms with Crippen LogP contribution < -0.4 is 172 Å². The molecule has 0 fully saturated rings. The zero-order chi connectivity index (χ0) is 0. The van der Waals surface area contributed by atoms with E-state index in [0.717, 1.165) is 0 Å². The summed E-state index contributed by atoms with van der Waals surface area (Å²) in [6.45, 7) is 0. The molecular weight excluding hydrogens is 2880 g/mol. The van der Waals surface area contributed by atoms with Crippen LogP contribution in [0.25, 0.3) is 0 Å². The monoisotopic (exact) mass is 3050 g/mol. The summed E-state index contributed by atoms with van der Waals surface area (Å²) in [6, 6.07) is 0. The molecule has 84 N–H and O–H groups in total. The first kappa shape index (κ1) is 1460. The Labute approximate surface area is 1120 Å². The average molecular weight is 3050 g/mol. The van der Waals surface area contributed by atoms with E-state index in [1.165, 1.54) is 0 Å². The van der Waals surface area contributed by atoms with Crippen molar-refractivity contribution in [1.29, 1.82) is 0 Å². The van der Waals surface area contributed by atoms with Crippen LogP contribution in [0.2, 0.25) is 0 Å². The summed E-state index contributed by atoms with van der Waals surface area (Å²) < 4.78 is 0. The maximum absolute atomic E-state index is 0. The van der Waals surface area contributed by atoms with Crippen LogP contribution >= 0.6 is 0 Å². The Kier molecular flexibility index (Phi) is 27600. The number of hydrogen-bond acceptors (Lipinski definition) is 28. The van der Waals surface area contributed by atoms with Gasteiger partial charge in [0.05, 0.1) is 0 Å². The molecule has 0 atom stereocenters. The molecule has 0 aromatic carbocycles. The van der Waals surface area contributed by atoms with Gasteiger partial charge in [0.25, 0.3) is 0 Å². The van der Waals surface area contributed by atoms with Crippen molar-refractivity contribution in [2.75, 3.05) is 0 Å². The molecule has 75 heavy (non-hydrogen) atoms. The molecule has 25 radical (unpaired) electrons. The van der Waals surface area contributed by atoms with E-state index in [0.29, 0.717) is 0 Å². The molecule has 0 aromatic rings. The molecular formula is C22H172N28Y25. The van der Waals surface area contributed by atoms with Crippen LogP contribution in [0.4, 0.5) is 0 Å². The summed E-state index contributed by atoms with van der Waals surface area (Å²) in [5, 5.41) is 0. The molecule has 475 valence electrons. The largest absolute Gasteiger partial charge is 0.344 e. The molecule has 0 saturated carbocycles. The first-order valence-electron chi connectivity index (χ1n) is 0. The van der Waals surface area contributed by atoms with E-state index in [2.05, 4.69) is 0 Å². The van der Waals surface area contributed by atoms with Gasteiger partial charge < -0.3 is 172 Å². The van der Waals surface area contributed by atoms with Crippen LogP contribution in [0, 0.1) is 0 Å². The fourth-order valence-electron chi connectivity index (χ4n) is 0. The molecule has 0 aliphatic carbocycles. The quantitative estimate of drug-likeness (QED) is 0.107. The van der Waals surface area contributed by atoms with Crippen LogP contribution in [0.5, 0.6) is 0 Å². The predicted octanol–water partition coefficient (Wildman–Crippen LogP) is 18.5. The molecule has 0 aliphatic rings. The van der Waals surface area contributed by atoms with Crippen LogP contribution in [0.15, 0.2) is 0 Å². The summed E-state index contributed by atoms with van der Waals surface area (Å²) in [5.74, 6) is 0. The van der Waals surface area contributed by atoms with Crippen LogP contribution in [-0.4, -0.2) is 0 Å². The molecule has 53 heteroatoms. The van der Waals surface area contributed by atoms with E-state index in [4.69, 9.17) is 0 Å². The number of hydrogen-bond donors (Lipinski definition) is 28. The van der Waals surface area contributed by atoms with Crippen molar-refractivity contribution in [1.82, 2.24) is 172 Å². The predicted molar refractivity (Wildman–Crippen MR) is 289 cm³/mol. The summed E-state index contributed by atoms with van der Waals surface area (Å²) in [6.07, 6.45) is 0. The molecule has 0 spiro atoms. The summed E-state index contributed by atoms with van der Waals surface area (Å²) >= 11 is 0. The minimum absolute atomic E-state index is 0. The standard InChI is InChI=1S/22CH4.28H3N.25Y/h22*1H4;28*1H3;;;;;;;;;;;;;;;;;;;;;;;;;. The molecule has 0 rings (SSSR count). The van der Waals surface area contributed by atoms with Crippen LogP contribution in [0.3, 0.4) is 0 Å². The Morgan fingerprint density at radius 2 is 0.0400 bits per heavy atom. The molecule has 0 saturated heterocycles. The van der Waals surface area contributed by atoms with Gasteiger partial charge in [0.1, 0.15) is 0 Å². The summed E-state index contributed by atoms with van der Waals surface area (Å²) in [5.41, 5.74) is 0. The van der Waals surface area contributed by atoms with Crippen molar-refractivity contribution >= 4 is 0 Å². The van der Waals surface area contributed by atoms with Gasteiger partial charge in [-0.1, -0.05) is 163 Å². The van der Waals surface area contributed by atoms with Crippen molar-refractivity contribution in [2.24, 2.45) is 0 Å². The van der Waals surface area contributed by atoms with Crippen molar-refractivity contribution in [3.8, 4) is 0 Å². The van der Waals surface area contributed by atoms with Crippen molar-refractivity contribution in [3.63, 3.8) is 0 Å². The first-order valence-corrected chi connectivity index (χ1v) is 0. The Hall–Kier alpha value is 26.5. The van der Waals surface area contributed by atoms with Crippen LogP contribution in [0.1, 0.15) is 163 Å². The van der Waals surface area contributed by atoms with Gasteiger partial charge in [-0.3, -0.25) is 0 Å². The fraction of sp³-hybridized carbons (Fsp3) is 1.00. The third kappa shape index (κ3) is 1390. The molecule has 0 heterocycles. The SMILES string of the molecule is C.C.C.C.C.C.C.C.C.C.C.C.C.C.C.C.C.C.C.C.C.C.N.N.N.N.N.N.N.N.N.N.N.N.N.N.N.N.N.N.N.N.N.N.N.N.N.N.N.N.[Y].[Y].[Y].[Y].[Y].[Y].[Y].[Y].[Y].[Y].[Y].[Y].[Y].[Y].[Y].[Y].[Y].[Y].[Y].[Y].[Y].[Y].[Y].[Y].[Y]. The third-order valence-electron chi connectivity index (χ3n) is 0. The van der Waals surface area contributed by atoms with E-state index < -0.39 is 0 Å². The Bertz CT molecular complexity index is 118. The van der Waals surface area contributed by atoms with Crippen molar-refractivity contribution in [3.05, 3.63) is 0 Å². The fourth-order valence-corrected chi connectivity index (χ4v) is 0. The smallest absolute Gasteiger partial charge is 0 e. The zero-order valence-electron chi connectivity index (χ0n) is 34.2. The van der Waals surface area contributed by atoms with E-state index in [1.54, 1.807) is 0 Å². The normalized spacial score (nSPS) is 0. The van der Waals surface area contributed by atoms with Gasteiger partial charge in [0.15, 0.2) is 0 Å². The topological polar surface area (TPSA) is 980 Å². The zero-order valence-corrected chi connectivity index (χ0v) is 105. The van der Waals surface area contributed by atoms with E-state index in [9.17, 15) is 0 Å². The second-order valence-corrected chi connectivity index (χ2v) is 0. The van der Waals surface area contributed by atoms with Crippen LogP contribution in [-0.2, 0) is 818 Å². The molecule has 28 nitrogen and oxygen atoms in total. The van der Waals surface area contributed by atoms with Crippen molar-refractivity contribution in [2.45, 2.75) is 163 Å². The minimum Gasteiger partial charge on any atom is -0.344 e. The maximum Gasteiger partial charge on any atom is 0 e. The molecule has 0 aromatic heterocycles. The van der Waals surface area contributed by atoms with E-state index in [1.807, 2.05) is 0 Å². The van der Waals surface area contributed by atoms with E-state index >= 15 is 0 Å². The molecule has 0 aliphatic heterocycles. The van der Waals surface area contributed by atoms with Gasteiger partial charge >= 0.3 is 0 Å². The first-order chi connectivity index (χ1) is 0.